The number of hydrogen-bond donors (Lipinski definition) is 0. The van der Waals surface area contributed by atoms with Crippen molar-refractivity contribution in [2.45, 2.75) is 26.7 Å². The lowest BCUT2D eigenvalue weighted by Gasteiger charge is -2.05. The maximum atomic E-state index is 11.1. The first-order valence-corrected chi connectivity index (χ1v) is 5.19. The second-order valence-electron chi connectivity index (χ2n) is 3.20. The molecule has 0 N–H and O–H groups in total. The van der Waals surface area contributed by atoms with Crippen molar-refractivity contribution in [2.75, 3.05) is 6.61 Å². The minimum atomic E-state index is -0.638. The van der Waals surface area contributed by atoms with Crippen LogP contribution in [0.2, 0.25) is 0 Å². The molecule has 0 saturated carbocycles. The van der Waals surface area contributed by atoms with Gasteiger partial charge in [-0.05, 0) is 30.5 Å². The summed E-state index contributed by atoms with van der Waals surface area (Å²) in [6.07, 6.45) is 1.13. The Morgan fingerprint density at radius 2 is 1.87 bits per heavy atom. The van der Waals surface area contributed by atoms with Crippen molar-refractivity contribution in [1.29, 1.82) is 0 Å². The third-order valence-corrected chi connectivity index (χ3v) is 1.96. The van der Waals surface area contributed by atoms with Crippen LogP contribution in [-0.4, -0.2) is 12.8 Å². The zero-order valence-electron chi connectivity index (χ0n) is 9.16. The standard InChI is InChI=1S/C12H16O3/c1-3-9-14-12(13)15-11-7-5-10(4-2)6-8-11/h5-8H,3-4,9H2,1-2H3. The van der Waals surface area contributed by atoms with E-state index >= 15 is 0 Å². The van der Waals surface area contributed by atoms with Gasteiger partial charge in [-0.2, -0.15) is 0 Å². The average molecular weight is 208 g/mol. The normalized spacial score (nSPS) is 9.73. The quantitative estimate of drug-likeness (QED) is 0.563. The molecule has 0 atom stereocenters. The van der Waals surface area contributed by atoms with Crippen molar-refractivity contribution in [3.8, 4) is 5.75 Å². The summed E-state index contributed by atoms with van der Waals surface area (Å²) in [6, 6.07) is 7.41. The minimum absolute atomic E-state index is 0.395. The Hall–Kier alpha value is -1.51. The molecular weight excluding hydrogens is 192 g/mol. The topological polar surface area (TPSA) is 35.5 Å². The molecule has 0 aromatic heterocycles. The molecule has 0 heterocycles. The molecule has 0 bridgehead atoms. The molecule has 15 heavy (non-hydrogen) atoms. The molecule has 3 heteroatoms. The van der Waals surface area contributed by atoms with Crippen molar-refractivity contribution < 1.29 is 14.3 Å². The van der Waals surface area contributed by atoms with Gasteiger partial charge in [-0.1, -0.05) is 26.0 Å². The van der Waals surface area contributed by atoms with Gasteiger partial charge in [0.2, 0.25) is 0 Å². The molecule has 0 radical (unpaired) electrons. The molecule has 0 spiro atoms. The predicted octanol–water partition coefficient (Wildman–Crippen LogP) is 3.17. The number of aryl methyl sites for hydroxylation is 1. The van der Waals surface area contributed by atoms with Gasteiger partial charge in [0, 0.05) is 0 Å². The molecule has 1 rings (SSSR count). The lowest BCUT2D eigenvalue weighted by atomic mass is 10.2. The summed E-state index contributed by atoms with van der Waals surface area (Å²) in [5.41, 5.74) is 1.21. The van der Waals surface area contributed by atoms with Crippen LogP contribution in [0.3, 0.4) is 0 Å². The van der Waals surface area contributed by atoms with Crippen LogP contribution in [0.15, 0.2) is 24.3 Å². The predicted molar refractivity (Wildman–Crippen MR) is 58.1 cm³/mol. The highest BCUT2D eigenvalue weighted by molar-refractivity contribution is 5.63. The molecule has 0 saturated heterocycles. The summed E-state index contributed by atoms with van der Waals surface area (Å²) in [4.78, 5) is 11.1. The van der Waals surface area contributed by atoms with Crippen molar-refractivity contribution >= 4 is 6.16 Å². The van der Waals surface area contributed by atoms with Gasteiger partial charge in [0.25, 0.3) is 0 Å². The van der Waals surface area contributed by atoms with E-state index in [9.17, 15) is 4.79 Å². The summed E-state index contributed by atoms with van der Waals surface area (Å²) < 4.78 is 9.75. The highest BCUT2D eigenvalue weighted by Crippen LogP contribution is 2.13. The lowest BCUT2D eigenvalue weighted by molar-refractivity contribution is 0.0992. The number of carbonyl (C=O) groups is 1. The van der Waals surface area contributed by atoms with Crippen LogP contribution < -0.4 is 4.74 Å². The first-order valence-electron chi connectivity index (χ1n) is 5.19. The van der Waals surface area contributed by atoms with E-state index in [1.165, 1.54) is 5.56 Å². The van der Waals surface area contributed by atoms with Crippen LogP contribution in [0.4, 0.5) is 4.79 Å². The average Bonchev–Trinajstić information content (AvgIpc) is 2.27. The van der Waals surface area contributed by atoms with Crippen molar-refractivity contribution in [3.63, 3.8) is 0 Å². The van der Waals surface area contributed by atoms with Gasteiger partial charge in [0.15, 0.2) is 0 Å². The van der Waals surface area contributed by atoms with E-state index in [1.54, 1.807) is 12.1 Å². The minimum Gasteiger partial charge on any atom is -0.434 e. The first-order chi connectivity index (χ1) is 7.26. The van der Waals surface area contributed by atoms with Crippen molar-refractivity contribution in [1.82, 2.24) is 0 Å². The van der Waals surface area contributed by atoms with Crippen molar-refractivity contribution in [3.05, 3.63) is 29.8 Å². The number of carbonyl (C=O) groups excluding carboxylic acids is 1. The Kier molecular flexibility index (Phi) is 4.68. The van der Waals surface area contributed by atoms with Gasteiger partial charge in [0.1, 0.15) is 5.75 Å². The third kappa shape index (κ3) is 4.02. The van der Waals surface area contributed by atoms with Gasteiger partial charge in [0.05, 0.1) is 6.61 Å². The van der Waals surface area contributed by atoms with Gasteiger partial charge in [-0.3, -0.25) is 0 Å². The Morgan fingerprint density at radius 1 is 1.20 bits per heavy atom. The van der Waals surface area contributed by atoms with E-state index in [1.807, 2.05) is 19.1 Å². The fourth-order valence-electron chi connectivity index (χ4n) is 1.10. The van der Waals surface area contributed by atoms with E-state index in [4.69, 9.17) is 9.47 Å². The lowest BCUT2D eigenvalue weighted by Crippen LogP contribution is -2.10. The van der Waals surface area contributed by atoms with Crippen molar-refractivity contribution in [2.24, 2.45) is 0 Å². The molecule has 0 fully saturated rings. The monoisotopic (exact) mass is 208 g/mol. The summed E-state index contributed by atoms with van der Waals surface area (Å²) in [6.45, 7) is 4.40. The summed E-state index contributed by atoms with van der Waals surface area (Å²) >= 11 is 0. The fourth-order valence-corrected chi connectivity index (χ4v) is 1.10. The van der Waals surface area contributed by atoms with Gasteiger partial charge >= 0.3 is 6.16 Å². The summed E-state index contributed by atoms with van der Waals surface area (Å²) in [5.74, 6) is 0.522. The van der Waals surface area contributed by atoms with E-state index in [2.05, 4.69) is 6.92 Å². The summed E-state index contributed by atoms with van der Waals surface area (Å²) in [7, 11) is 0. The molecule has 1 aromatic rings. The molecule has 0 aliphatic rings. The number of hydrogen-bond acceptors (Lipinski definition) is 3. The zero-order chi connectivity index (χ0) is 11.1. The van der Waals surface area contributed by atoms with Crippen LogP contribution in [0, 0.1) is 0 Å². The smallest absolute Gasteiger partial charge is 0.434 e. The Balaban J connectivity index is 2.46. The molecule has 82 valence electrons. The zero-order valence-corrected chi connectivity index (χ0v) is 9.16. The van der Waals surface area contributed by atoms with E-state index in [-0.39, 0.29) is 0 Å². The summed E-state index contributed by atoms with van der Waals surface area (Å²) in [5, 5.41) is 0. The fraction of sp³-hybridized carbons (Fsp3) is 0.417. The molecular formula is C12H16O3. The van der Waals surface area contributed by atoms with Gasteiger partial charge < -0.3 is 9.47 Å². The molecule has 1 aromatic carbocycles. The Labute approximate surface area is 90.0 Å². The molecule has 3 nitrogen and oxygen atoms in total. The number of rotatable bonds is 4. The Morgan fingerprint density at radius 3 is 2.40 bits per heavy atom. The largest absolute Gasteiger partial charge is 0.513 e. The van der Waals surface area contributed by atoms with Gasteiger partial charge in [-0.15, -0.1) is 0 Å². The van der Waals surface area contributed by atoms with Crippen LogP contribution in [0.25, 0.3) is 0 Å². The van der Waals surface area contributed by atoms with Crippen LogP contribution in [-0.2, 0) is 11.2 Å². The van der Waals surface area contributed by atoms with E-state index < -0.39 is 6.16 Å². The van der Waals surface area contributed by atoms with Crippen LogP contribution in [0.1, 0.15) is 25.8 Å². The SMILES string of the molecule is CCCOC(=O)Oc1ccc(CC)cc1. The maximum Gasteiger partial charge on any atom is 0.513 e. The molecule has 0 aliphatic heterocycles. The second kappa shape index (κ2) is 6.06. The highest BCUT2D eigenvalue weighted by Gasteiger charge is 2.04. The molecule has 0 aliphatic carbocycles. The van der Waals surface area contributed by atoms with Gasteiger partial charge in [-0.25, -0.2) is 4.79 Å². The Bertz CT molecular complexity index is 303. The first kappa shape index (κ1) is 11.6. The van der Waals surface area contributed by atoms with Crippen LogP contribution in [0.5, 0.6) is 5.75 Å². The number of ether oxygens (including phenoxy) is 2. The second-order valence-corrected chi connectivity index (χ2v) is 3.20. The van der Waals surface area contributed by atoms with E-state index in [0.717, 1.165) is 12.8 Å². The number of benzene rings is 1. The van der Waals surface area contributed by atoms with Crippen LogP contribution >= 0.6 is 0 Å². The molecule has 0 unspecified atom stereocenters. The maximum absolute atomic E-state index is 11.1. The van der Waals surface area contributed by atoms with E-state index in [0.29, 0.717) is 12.4 Å². The highest BCUT2D eigenvalue weighted by atomic mass is 16.7. The molecule has 0 amide bonds. The third-order valence-electron chi connectivity index (χ3n) is 1.96.